The summed E-state index contributed by atoms with van der Waals surface area (Å²) >= 11 is 0. The summed E-state index contributed by atoms with van der Waals surface area (Å²) in [6, 6.07) is 0. The number of phosphoric acid groups is 2. The number of phosphoric ester groups is 2. The second kappa shape index (κ2) is 66.6. The van der Waals surface area contributed by atoms with E-state index in [1.54, 1.807) is 0 Å². The maximum atomic E-state index is 13.1. The van der Waals surface area contributed by atoms with Gasteiger partial charge in [-0.2, -0.15) is 0 Å². The first-order chi connectivity index (χ1) is 45.8. The lowest BCUT2D eigenvalue weighted by atomic mass is 9.99. The number of hydrogen-bond donors (Lipinski definition) is 3. The molecule has 0 aliphatic carbocycles. The molecular weight excluding hydrogens is 1250 g/mol. The fraction of sp³-hybridized carbons (Fsp3) is 0.947. The van der Waals surface area contributed by atoms with Crippen LogP contribution in [0, 0.1) is 17.8 Å². The number of rotatable bonds is 74. The van der Waals surface area contributed by atoms with Crippen LogP contribution >= 0.6 is 15.6 Å². The van der Waals surface area contributed by atoms with Gasteiger partial charge >= 0.3 is 39.5 Å². The van der Waals surface area contributed by atoms with E-state index in [9.17, 15) is 43.2 Å². The number of unbranched alkanes of at least 4 members (excludes halogenated alkanes) is 41. The highest BCUT2D eigenvalue weighted by Crippen LogP contribution is 2.45. The van der Waals surface area contributed by atoms with Crippen LogP contribution in [-0.2, 0) is 65.4 Å². The Morgan fingerprint density at radius 3 is 0.800 bits per heavy atom. The van der Waals surface area contributed by atoms with Crippen LogP contribution in [0.15, 0.2) is 0 Å². The van der Waals surface area contributed by atoms with Crippen molar-refractivity contribution >= 4 is 39.5 Å². The number of esters is 4. The topological polar surface area (TPSA) is 237 Å². The van der Waals surface area contributed by atoms with Crippen LogP contribution in [0.25, 0.3) is 0 Å². The molecule has 6 atom stereocenters. The van der Waals surface area contributed by atoms with Crippen molar-refractivity contribution in [3.05, 3.63) is 0 Å². The molecule has 0 bridgehead atoms. The van der Waals surface area contributed by atoms with Crippen molar-refractivity contribution in [2.24, 2.45) is 17.8 Å². The second-order valence-corrected chi connectivity index (χ2v) is 31.5. The summed E-state index contributed by atoms with van der Waals surface area (Å²) in [6.45, 7) is 11.9. The summed E-state index contributed by atoms with van der Waals surface area (Å²) in [4.78, 5) is 72.9. The summed E-state index contributed by atoms with van der Waals surface area (Å²) in [5.41, 5.74) is 0. The average Bonchev–Trinajstić information content (AvgIpc) is 1.71. The maximum absolute atomic E-state index is 13.1. The van der Waals surface area contributed by atoms with E-state index < -0.39 is 97.5 Å². The smallest absolute Gasteiger partial charge is 0.462 e. The lowest BCUT2D eigenvalue weighted by Crippen LogP contribution is -2.30. The van der Waals surface area contributed by atoms with Crippen molar-refractivity contribution in [1.82, 2.24) is 0 Å². The minimum atomic E-state index is -4.96. The minimum absolute atomic E-state index is 0.106. The van der Waals surface area contributed by atoms with Crippen LogP contribution in [0.1, 0.15) is 389 Å². The van der Waals surface area contributed by atoms with Crippen molar-refractivity contribution in [3.63, 3.8) is 0 Å². The highest BCUT2D eigenvalue weighted by molar-refractivity contribution is 7.47. The first-order valence-corrected chi connectivity index (χ1v) is 42.4. The van der Waals surface area contributed by atoms with Crippen molar-refractivity contribution in [1.29, 1.82) is 0 Å². The summed E-state index contributed by atoms with van der Waals surface area (Å²) in [7, 11) is -9.91. The fourth-order valence-corrected chi connectivity index (χ4v) is 13.1. The van der Waals surface area contributed by atoms with E-state index in [1.165, 1.54) is 199 Å². The summed E-state index contributed by atoms with van der Waals surface area (Å²) in [6.07, 6.45) is 52.5. The molecule has 0 spiro atoms. The van der Waals surface area contributed by atoms with Gasteiger partial charge in [0.25, 0.3) is 0 Å². The van der Waals surface area contributed by atoms with E-state index in [1.807, 2.05) is 0 Å². The Kier molecular flexibility index (Phi) is 65.2. The zero-order chi connectivity index (χ0) is 70.1. The van der Waals surface area contributed by atoms with Gasteiger partial charge in [-0.25, -0.2) is 9.13 Å². The van der Waals surface area contributed by atoms with Gasteiger partial charge in [0.05, 0.1) is 26.4 Å². The molecule has 0 rings (SSSR count). The number of carbonyl (C=O) groups excluding carboxylic acids is 4. The van der Waals surface area contributed by atoms with E-state index in [0.29, 0.717) is 25.7 Å². The average molecular weight is 1400 g/mol. The lowest BCUT2D eigenvalue weighted by Gasteiger charge is -2.21. The third-order valence-electron chi connectivity index (χ3n) is 18.0. The molecule has 3 N–H and O–H groups in total. The van der Waals surface area contributed by atoms with E-state index in [2.05, 4.69) is 48.5 Å². The van der Waals surface area contributed by atoms with E-state index in [-0.39, 0.29) is 25.7 Å². The Morgan fingerprint density at radius 2 is 0.537 bits per heavy atom. The second-order valence-electron chi connectivity index (χ2n) is 28.6. The molecule has 564 valence electrons. The van der Waals surface area contributed by atoms with Crippen LogP contribution in [0.5, 0.6) is 0 Å². The number of hydrogen-bond acceptors (Lipinski definition) is 15. The third-order valence-corrected chi connectivity index (χ3v) is 19.9. The Labute approximate surface area is 581 Å². The Bertz CT molecular complexity index is 1850. The number of aliphatic hydroxyl groups excluding tert-OH is 1. The predicted octanol–water partition coefficient (Wildman–Crippen LogP) is 22.2. The van der Waals surface area contributed by atoms with Crippen LogP contribution < -0.4 is 0 Å². The summed E-state index contributed by atoms with van der Waals surface area (Å²) < 4.78 is 68.6. The Hall–Kier alpha value is -1.94. The van der Waals surface area contributed by atoms with Gasteiger partial charge in [-0.1, -0.05) is 337 Å². The quantitative estimate of drug-likeness (QED) is 0.0222. The molecule has 0 aromatic rings. The Balaban J connectivity index is 5.27. The summed E-state index contributed by atoms with van der Waals surface area (Å²) in [5.74, 6) is 0.232. The predicted molar refractivity (Wildman–Crippen MR) is 386 cm³/mol. The van der Waals surface area contributed by atoms with Crippen LogP contribution in [0.4, 0.5) is 0 Å². The number of ether oxygens (including phenoxy) is 4. The molecule has 0 aliphatic rings. The first kappa shape index (κ1) is 93.1. The van der Waals surface area contributed by atoms with Gasteiger partial charge in [-0.15, -0.1) is 0 Å². The Morgan fingerprint density at radius 1 is 0.305 bits per heavy atom. The molecule has 0 amide bonds. The molecule has 3 unspecified atom stereocenters. The molecule has 0 saturated heterocycles. The third kappa shape index (κ3) is 69.0. The molecule has 0 fully saturated rings. The zero-order valence-corrected chi connectivity index (χ0v) is 63.9. The number of aliphatic hydroxyl groups is 1. The van der Waals surface area contributed by atoms with Crippen molar-refractivity contribution in [2.75, 3.05) is 39.6 Å². The fourth-order valence-electron chi connectivity index (χ4n) is 11.6. The molecule has 0 radical (unpaired) electrons. The maximum Gasteiger partial charge on any atom is 0.472 e. The lowest BCUT2D eigenvalue weighted by molar-refractivity contribution is -0.161. The van der Waals surface area contributed by atoms with Gasteiger partial charge in [0.15, 0.2) is 12.2 Å². The summed E-state index contributed by atoms with van der Waals surface area (Å²) in [5, 5.41) is 10.6. The van der Waals surface area contributed by atoms with Gasteiger partial charge in [0.2, 0.25) is 0 Å². The molecule has 0 aromatic carbocycles. The normalized spacial score (nSPS) is 14.4. The largest absolute Gasteiger partial charge is 0.472 e. The molecule has 19 heteroatoms. The molecule has 0 aromatic heterocycles. The van der Waals surface area contributed by atoms with Gasteiger partial charge in [-0.3, -0.25) is 37.3 Å². The van der Waals surface area contributed by atoms with Gasteiger partial charge in [-0.05, 0) is 43.4 Å². The van der Waals surface area contributed by atoms with E-state index in [4.69, 9.17) is 37.0 Å². The SMILES string of the molecule is CCCCCCCCCCCCCCC(=O)OC[C@H](COP(=O)(O)OC[C@H](O)COP(=O)(O)OC[C@@H](COC(=O)CCCCCCCCCCCCC(C)CC)OC(=O)CCCCCCCCCCCCCCCC(C)C)OC(=O)CCCCCCCCCCCCC(C)C. The zero-order valence-electron chi connectivity index (χ0n) is 62.1. The van der Waals surface area contributed by atoms with Crippen LogP contribution in [-0.4, -0.2) is 96.7 Å². The molecule has 0 heterocycles. The molecule has 0 aliphatic heterocycles. The van der Waals surface area contributed by atoms with Crippen molar-refractivity contribution in [2.45, 2.75) is 407 Å². The highest BCUT2D eigenvalue weighted by atomic mass is 31.2. The van der Waals surface area contributed by atoms with Gasteiger partial charge in [0, 0.05) is 25.7 Å². The van der Waals surface area contributed by atoms with E-state index >= 15 is 0 Å². The standard InChI is InChI=1S/C76H148O17P2/c1-8-10-11-12-13-14-15-20-29-36-43-50-57-73(78)86-63-72(93-76(81)60-53-46-39-32-24-22-27-34-41-48-55-68(5)6)66-91-95(84,85)89-62-70(77)61-88-94(82,83)90-65-71(64-87-74(79)58-51-44-37-30-25-23-28-35-42-49-56-69(7)9-2)92-75(80)59-52-45-38-31-21-18-16-17-19-26-33-40-47-54-67(3)4/h67-72,77H,8-66H2,1-7H3,(H,82,83)(H,84,85)/t69?,70-,71-,72-/m1/s1. The minimum Gasteiger partial charge on any atom is -0.462 e. The van der Waals surface area contributed by atoms with E-state index in [0.717, 1.165) is 108 Å². The highest BCUT2D eigenvalue weighted by Gasteiger charge is 2.30. The van der Waals surface area contributed by atoms with Crippen LogP contribution in [0.3, 0.4) is 0 Å². The van der Waals surface area contributed by atoms with Crippen LogP contribution in [0.2, 0.25) is 0 Å². The molecule has 17 nitrogen and oxygen atoms in total. The van der Waals surface area contributed by atoms with Crippen molar-refractivity contribution in [3.8, 4) is 0 Å². The molecule has 95 heavy (non-hydrogen) atoms. The van der Waals surface area contributed by atoms with Crippen molar-refractivity contribution < 1.29 is 80.2 Å². The van der Waals surface area contributed by atoms with Gasteiger partial charge in [0.1, 0.15) is 19.3 Å². The molecule has 0 saturated carbocycles. The first-order valence-electron chi connectivity index (χ1n) is 39.4. The number of carbonyl (C=O) groups is 4. The van der Waals surface area contributed by atoms with Gasteiger partial charge < -0.3 is 33.8 Å². The monoisotopic (exact) mass is 1400 g/mol. The molecular formula is C76H148O17P2.